The number of carbonyl (C=O) groups is 3. The van der Waals surface area contributed by atoms with Crippen molar-refractivity contribution in [1.29, 1.82) is 0 Å². The number of para-hydroxylation sites is 1. The minimum atomic E-state index is -1.00. The van der Waals surface area contributed by atoms with E-state index in [1.807, 2.05) is 0 Å². The van der Waals surface area contributed by atoms with E-state index in [-0.39, 0.29) is 24.4 Å². The second-order valence-electron chi connectivity index (χ2n) is 7.05. The summed E-state index contributed by atoms with van der Waals surface area (Å²) in [6.07, 6.45) is -0.930. The first-order valence-corrected chi connectivity index (χ1v) is 9.95. The summed E-state index contributed by atoms with van der Waals surface area (Å²) in [7, 11) is 5.83. The van der Waals surface area contributed by atoms with Gasteiger partial charge in [-0.15, -0.1) is 0 Å². The van der Waals surface area contributed by atoms with Gasteiger partial charge in [-0.3, -0.25) is 14.4 Å². The molecule has 3 rings (SSSR count). The zero-order valence-electron chi connectivity index (χ0n) is 18.4. The summed E-state index contributed by atoms with van der Waals surface area (Å²) in [4.78, 5) is 41.9. The highest BCUT2D eigenvalue weighted by molar-refractivity contribution is 6.23. The van der Waals surface area contributed by atoms with Crippen LogP contribution in [0.4, 0.5) is 5.69 Å². The van der Waals surface area contributed by atoms with Crippen molar-refractivity contribution >= 4 is 23.4 Å². The van der Waals surface area contributed by atoms with Gasteiger partial charge in [-0.05, 0) is 30.3 Å². The number of nitrogens with zero attached hydrogens (tertiary/aromatic N) is 2. The highest BCUT2D eigenvalue weighted by atomic mass is 16.7. The molecule has 0 N–H and O–H groups in total. The van der Waals surface area contributed by atoms with Gasteiger partial charge in [-0.25, -0.2) is 4.90 Å². The maximum absolute atomic E-state index is 13.5. The molecule has 1 atom stereocenters. The molecule has 0 aromatic heterocycles. The Kier molecular flexibility index (Phi) is 7.45. The van der Waals surface area contributed by atoms with Crippen LogP contribution < -0.4 is 14.4 Å². The van der Waals surface area contributed by atoms with Gasteiger partial charge < -0.3 is 23.8 Å². The summed E-state index contributed by atoms with van der Waals surface area (Å²) in [5.74, 6) is -0.507. The number of rotatable bonds is 9. The van der Waals surface area contributed by atoms with Gasteiger partial charge in [0.25, 0.3) is 11.8 Å². The zero-order chi connectivity index (χ0) is 23.3. The van der Waals surface area contributed by atoms with E-state index in [1.54, 1.807) is 42.5 Å². The normalized spacial score (nSPS) is 15.9. The molecule has 32 heavy (non-hydrogen) atoms. The first-order valence-electron chi connectivity index (χ1n) is 9.95. The molecule has 0 radical (unpaired) electrons. The van der Waals surface area contributed by atoms with Gasteiger partial charge in [0.15, 0.2) is 17.8 Å². The molecule has 0 bridgehead atoms. The van der Waals surface area contributed by atoms with Gasteiger partial charge in [0, 0.05) is 19.8 Å². The summed E-state index contributed by atoms with van der Waals surface area (Å²) < 4.78 is 21.0. The monoisotopic (exact) mass is 442 g/mol. The lowest BCUT2D eigenvalue weighted by Crippen LogP contribution is -2.49. The van der Waals surface area contributed by atoms with Crippen molar-refractivity contribution in [2.24, 2.45) is 0 Å². The van der Waals surface area contributed by atoms with Crippen LogP contribution in [0.5, 0.6) is 11.5 Å². The number of benzene rings is 2. The number of ether oxygens (including phenoxy) is 4. The molecule has 9 nitrogen and oxygen atoms in total. The Morgan fingerprint density at radius 3 is 2.25 bits per heavy atom. The van der Waals surface area contributed by atoms with E-state index in [0.29, 0.717) is 17.2 Å². The largest absolute Gasteiger partial charge is 0.493 e. The van der Waals surface area contributed by atoms with Crippen molar-refractivity contribution in [3.05, 3.63) is 54.1 Å². The van der Waals surface area contributed by atoms with E-state index in [4.69, 9.17) is 18.9 Å². The van der Waals surface area contributed by atoms with Gasteiger partial charge in [0.1, 0.15) is 6.04 Å². The molecule has 1 saturated heterocycles. The number of carbonyl (C=O) groups excluding carboxylic acids is 3. The van der Waals surface area contributed by atoms with Crippen molar-refractivity contribution < 1.29 is 33.3 Å². The minimum Gasteiger partial charge on any atom is -0.493 e. The van der Waals surface area contributed by atoms with Crippen LogP contribution in [-0.4, -0.2) is 69.9 Å². The van der Waals surface area contributed by atoms with E-state index >= 15 is 0 Å². The summed E-state index contributed by atoms with van der Waals surface area (Å²) in [6.45, 7) is -0.0491. The Balaban J connectivity index is 1.97. The number of hydrogen-bond donors (Lipinski definition) is 0. The second-order valence-corrected chi connectivity index (χ2v) is 7.05. The Bertz CT molecular complexity index is 976. The molecule has 0 spiro atoms. The lowest BCUT2D eigenvalue weighted by atomic mass is 10.1. The van der Waals surface area contributed by atoms with Crippen LogP contribution in [-0.2, 0) is 19.1 Å². The number of hydrogen-bond acceptors (Lipinski definition) is 7. The lowest BCUT2D eigenvalue weighted by Gasteiger charge is -2.30. The first-order chi connectivity index (χ1) is 15.4. The van der Waals surface area contributed by atoms with Gasteiger partial charge in [-0.2, -0.15) is 0 Å². The van der Waals surface area contributed by atoms with E-state index in [9.17, 15) is 14.4 Å². The summed E-state index contributed by atoms with van der Waals surface area (Å²) in [5, 5.41) is 0. The van der Waals surface area contributed by atoms with Crippen molar-refractivity contribution in [1.82, 2.24) is 4.90 Å². The van der Waals surface area contributed by atoms with Crippen LogP contribution in [0.2, 0.25) is 0 Å². The molecular weight excluding hydrogens is 416 g/mol. The lowest BCUT2D eigenvalue weighted by molar-refractivity contribution is -0.128. The zero-order valence-corrected chi connectivity index (χ0v) is 18.4. The first kappa shape index (κ1) is 23.2. The maximum Gasteiger partial charge on any atom is 0.257 e. The van der Waals surface area contributed by atoms with E-state index in [1.165, 1.54) is 39.4 Å². The highest BCUT2D eigenvalue weighted by Crippen LogP contribution is 2.30. The predicted molar refractivity (Wildman–Crippen MR) is 116 cm³/mol. The van der Waals surface area contributed by atoms with Gasteiger partial charge >= 0.3 is 0 Å². The summed E-state index contributed by atoms with van der Waals surface area (Å²) >= 11 is 0. The number of imide groups is 1. The molecule has 3 amide bonds. The van der Waals surface area contributed by atoms with Gasteiger partial charge in [0.05, 0.1) is 32.9 Å². The third-order valence-electron chi connectivity index (χ3n) is 5.28. The molecule has 2 aromatic carbocycles. The summed E-state index contributed by atoms with van der Waals surface area (Å²) in [6, 6.07) is 12.3. The molecule has 170 valence electrons. The molecule has 1 unspecified atom stereocenters. The standard InChI is InChI=1S/C23H26N2O7/c1-29-18-11-10-15(12-19(18)30-2)22(27)24(14-21(31-3)32-4)17-13-20(26)25(23(17)28)16-8-6-5-7-9-16/h5-12,17,21H,13-14H2,1-4H3. The molecule has 1 fully saturated rings. The third kappa shape index (κ3) is 4.58. The topological polar surface area (TPSA) is 94.6 Å². The molecule has 9 heteroatoms. The van der Waals surface area contributed by atoms with Crippen LogP contribution >= 0.6 is 0 Å². The van der Waals surface area contributed by atoms with Crippen LogP contribution in [0, 0.1) is 0 Å². The second kappa shape index (κ2) is 10.3. The molecule has 2 aromatic rings. The van der Waals surface area contributed by atoms with Gasteiger partial charge in [0.2, 0.25) is 5.91 Å². The highest BCUT2D eigenvalue weighted by Gasteiger charge is 2.45. The molecule has 0 aliphatic carbocycles. The van der Waals surface area contributed by atoms with Crippen molar-refractivity contribution in [2.45, 2.75) is 18.8 Å². The predicted octanol–water partition coefficient (Wildman–Crippen LogP) is 2.10. The maximum atomic E-state index is 13.5. The van der Waals surface area contributed by atoms with E-state index in [2.05, 4.69) is 0 Å². The fraction of sp³-hybridized carbons (Fsp3) is 0.348. The average Bonchev–Trinajstić information content (AvgIpc) is 3.12. The molecule has 1 aliphatic rings. The Morgan fingerprint density at radius 2 is 1.66 bits per heavy atom. The van der Waals surface area contributed by atoms with Crippen molar-refractivity contribution in [2.75, 3.05) is 39.9 Å². The van der Waals surface area contributed by atoms with E-state index in [0.717, 1.165) is 4.90 Å². The molecule has 0 saturated carbocycles. The average molecular weight is 442 g/mol. The van der Waals surface area contributed by atoms with Gasteiger partial charge in [-0.1, -0.05) is 18.2 Å². The fourth-order valence-corrected chi connectivity index (χ4v) is 3.60. The third-order valence-corrected chi connectivity index (χ3v) is 5.28. The van der Waals surface area contributed by atoms with Crippen molar-refractivity contribution in [3.63, 3.8) is 0 Å². The number of anilines is 1. The molecular formula is C23H26N2O7. The smallest absolute Gasteiger partial charge is 0.257 e. The number of methoxy groups -OCH3 is 4. The van der Waals surface area contributed by atoms with E-state index < -0.39 is 24.1 Å². The fourth-order valence-electron chi connectivity index (χ4n) is 3.60. The molecule has 1 heterocycles. The van der Waals surface area contributed by atoms with Crippen LogP contribution in [0.3, 0.4) is 0 Å². The van der Waals surface area contributed by atoms with Crippen molar-refractivity contribution in [3.8, 4) is 11.5 Å². The Labute approximate surface area is 186 Å². The van der Waals surface area contributed by atoms with Crippen LogP contribution in [0.25, 0.3) is 0 Å². The number of amides is 3. The van der Waals surface area contributed by atoms with Crippen LogP contribution in [0.15, 0.2) is 48.5 Å². The minimum absolute atomic E-state index is 0.0491. The summed E-state index contributed by atoms with van der Waals surface area (Å²) in [5.41, 5.74) is 0.727. The Hall–Kier alpha value is -3.43. The van der Waals surface area contributed by atoms with Crippen LogP contribution in [0.1, 0.15) is 16.8 Å². The molecule has 1 aliphatic heterocycles. The SMILES string of the molecule is COc1ccc(C(=O)N(CC(OC)OC)C2CC(=O)N(c3ccccc3)C2=O)cc1OC. The quantitative estimate of drug-likeness (QED) is 0.434. The Morgan fingerprint density at radius 1 is 1.00 bits per heavy atom.